The summed E-state index contributed by atoms with van der Waals surface area (Å²) in [6, 6.07) is 4.13. The molecule has 0 spiro atoms. The Morgan fingerprint density at radius 3 is 2.27 bits per heavy atom. The summed E-state index contributed by atoms with van der Waals surface area (Å²) in [7, 11) is -4.00. The van der Waals surface area contributed by atoms with Crippen LogP contribution in [0.25, 0.3) is 0 Å². The van der Waals surface area contributed by atoms with Crippen molar-refractivity contribution < 1.29 is 13.3 Å². The van der Waals surface area contributed by atoms with Crippen LogP contribution in [0.1, 0.15) is 0 Å². The first-order valence-electron chi connectivity index (χ1n) is 3.55. The van der Waals surface area contributed by atoms with Crippen molar-refractivity contribution >= 4 is 15.7 Å². The van der Waals surface area contributed by atoms with Crippen LogP contribution < -0.4 is 4.91 Å². The quantitative estimate of drug-likeness (QED) is 0.356. The van der Waals surface area contributed by atoms with Crippen LogP contribution in [0.5, 0.6) is 0 Å². The highest BCUT2D eigenvalue weighted by Gasteiger charge is 2.19. The molecule has 0 aliphatic carbocycles. The number of nitro groups is 1. The van der Waals surface area contributed by atoms with Gasteiger partial charge in [0, 0.05) is 12.1 Å². The van der Waals surface area contributed by atoms with Gasteiger partial charge in [0.2, 0.25) is 4.91 Å². The van der Waals surface area contributed by atoms with Crippen molar-refractivity contribution in [2.24, 2.45) is 4.52 Å². The molecule has 0 aromatic heterocycles. The first-order valence-corrected chi connectivity index (χ1v) is 4.99. The second kappa shape index (κ2) is 3.95. The van der Waals surface area contributed by atoms with Gasteiger partial charge in [0.05, 0.1) is 9.82 Å². The van der Waals surface area contributed by atoms with E-state index in [1.165, 1.54) is 0 Å². The van der Waals surface area contributed by atoms with Crippen LogP contribution in [0.4, 0.5) is 5.69 Å². The van der Waals surface area contributed by atoms with Gasteiger partial charge in [0.1, 0.15) is 5.53 Å². The predicted octanol–water partition coefficient (Wildman–Crippen LogP) is 0.834. The number of nitro benzene ring substituents is 1. The lowest BCUT2D eigenvalue weighted by Crippen LogP contribution is -1.97. The van der Waals surface area contributed by atoms with Crippen LogP contribution in [0.2, 0.25) is 0 Å². The Labute approximate surface area is 84.0 Å². The minimum atomic E-state index is -4.00. The van der Waals surface area contributed by atoms with E-state index in [9.17, 15) is 18.5 Å². The lowest BCUT2D eigenvalue weighted by Gasteiger charge is -1.92. The highest BCUT2D eigenvalue weighted by Crippen LogP contribution is 2.16. The smallest absolute Gasteiger partial charge is 0.258 e. The standard InChI is InChI=1S/C6H5N4O4S/c7-8-9-15(13,14)6-3-1-5(2-4-6)10(11)12/h1-4,7H/q+1. The third-order valence-electron chi connectivity index (χ3n) is 1.49. The number of hydrogen-bond donors (Lipinski definition) is 1. The Morgan fingerprint density at radius 1 is 1.33 bits per heavy atom. The summed E-state index contributed by atoms with van der Waals surface area (Å²) in [5, 5.41) is 10.3. The Morgan fingerprint density at radius 2 is 1.87 bits per heavy atom. The number of non-ortho nitro benzene ring substituents is 1. The van der Waals surface area contributed by atoms with Gasteiger partial charge in [0.15, 0.2) is 0 Å². The van der Waals surface area contributed by atoms with E-state index in [4.69, 9.17) is 5.53 Å². The zero-order valence-electron chi connectivity index (χ0n) is 7.19. The van der Waals surface area contributed by atoms with E-state index in [2.05, 4.69) is 9.43 Å². The van der Waals surface area contributed by atoms with Gasteiger partial charge in [-0.15, -0.1) is 0 Å². The molecule has 78 valence electrons. The fraction of sp³-hybridized carbons (Fsp3) is 0. The van der Waals surface area contributed by atoms with Crippen molar-refractivity contribution in [1.29, 1.82) is 5.53 Å². The van der Waals surface area contributed by atoms with Crippen LogP contribution in [0.3, 0.4) is 0 Å². The molecular formula is C6H5N4O4S+. The van der Waals surface area contributed by atoms with Gasteiger partial charge in [-0.3, -0.25) is 10.1 Å². The Kier molecular flexibility index (Phi) is 2.88. The van der Waals surface area contributed by atoms with Gasteiger partial charge in [-0.1, -0.05) is 0 Å². The highest BCUT2D eigenvalue weighted by atomic mass is 32.2. The van der Waals surface area contributed by atoms with Crippen molar-refractivity contribution in [3.63, 3.8) is 0 Å². The van der Waals surface area contributed by atoms with Crippen molar-refractivity contribution in [1.82, 2.24) is 4.91 Å². The molecule has 0 heterocycles. The van der Waals surface area contributed by atoms with Gasteiger partial charge >= 0.3 is 10.0 Å². The SMILES string of the molecule is N=[N+]=NS(=O)(=O)c1ccc([N+](=O)[O-])cc1. The van der Waals surface area contributed by atoms with Crippen LogP contribution in [-0.2, 0) is 10.0 Å². The predicted molar refractivity (Wildman–Crippen MR) is 47.6 cm³/mol. The van der Waals surface area contributed by atoms with Gasteiger partial charge in [-0.2, -0.15) is 8.42 Å². The number of sulfonamides is 1. The largest absolute Gasteiger partial charge is 0.355 e. The number of hydrogen-bond acceptors (Lipinski definition) is 5. The summed E-state index contributed by atoms with van der Waals surface area (Å²) >= 11 is 0. The summed E-state index contributed by atoms with van der Waals surface area (Å²) in [5.41, 5.74) is 6.06. The zero-order valence-corrected chi connectivity index (χ0v) is 8.01. The monoisotopic (exact) mass is 229 g/mol. The molecule has 1 aromatic rings. The fourth-order valence-electron chi connectivity index (χ4n) is 0.841. The number of nitrogens with zero attached hydrogens (tertiary/aromatic N) is 3. The normalized spacial score (nSPS) is 10.4. The average Bonchev–Trinajstić information content (AvgIpc) is 2.18. The molecule has 1 rings (SSSR count). The summed E-state index contributed by atoms with van der Waals surface area (Å²) in [4.78, 5) is 11.8. The Hall–Kier alpha value is -2.12. The second-order valence-corrected chi connectivity index (χ2v) is 3.99. The number of benzene rings is 1. The van der Waals surface area contributed by atoms with E-state index in [0.29, 0.717) is 0 Å². The molecular weight excluding hydrogens is 224 g/mol. The molecule has 1 N–H and O–H groups in total. The first kappa shape index (κ1) is 11.0. The van der Waals surface area contributed by atoms with Crippen LogP contribution in [-0.4, -0.2) is 13.3 Å². The van der Waals surface area contributed by atoms with E-state index >= 15 is 0 Å². The average molecular weight is 229 g/mol. The molecule has 0 atom stereocenters. The van der Waals surface area contributed by atoms with Gasteiger partial charge in [0.25, 0.3) is 10.2 Å². The number of nitrogens with one attached hydrogen (secondary N) is 1. The van der Waals surface area contributed by atoms with Crippen LogP contribution in [0, 0.1) is 15.6 Å². The van der Waals surface area contributed by atoms with Crippen LogP contribution >= 0.6 is 0 Å². The van der Waals surface area contributed by atoms with Crippen molar-refractivity contribution in [2.75, 3.05) is 0 Å². The van der Waals surface area contributed by atoms with Crippen LogP contribution in [0.15, 0.2) is 33.7 Å². The summed E-state index contributed by atoms with van der Waals surface area (Å²) in [6.07, 6.45) is 0. The minimum absolute atomic E-state index is 0.225. The summed E-state index contributed by atoms with van der Waals surface area (Å²) in [6.45, 7) is 0. The molecule has 1 aromatic carbocycles. The zero-order chi connectivity index (χ0) is 11.5. The third-order valence-corrected chi connectivity index (χ3v) is 2.66. The topological polar surface area (TPSA) is 128 Å². The molecule has 0 fully saturated rings. The van der Waals surface area contributed by atoms with Crippen molar-refractivity contribution in [3.8, 4) is 0 Å². The minimum Gasteiger partial charge on any atom is -0.258 e. The van der Waals surface area contributed by atoms with Crippen molar-refractivity contribution in [3.05, 3.63) is 34.4 Å². The molecule has 0 aliphatic rings. The fourth-order valence-corrected chi connectivity index (χ4v) is 1.52. The maximum atomic E-state index is 11.2. The first-order chi connectivity index (χ1) is 6.97. The molecule has 0 saturated carbocycles. The molecule has 0 aliphatic heterocycles. The lowest BCUT2D eigenvalue weighted by atomic mass is 10.3. The summed E-state index contributed by atoms with van der Waals surface area (Å²) in [5.74, 6) is 0. The molecule has 0 saturated heterocycles. The third kappa shape index (κ3) is 2.42. The molecule has 9 heteroatoms. The van der Waals surface area contributed by atoms with E-state index in [-0.39, 0.29) is 10.6 Å². The second-order valence-electron chi connectivity index (χ2n) is 2.41. The Balaban J connectivity index is 3.21. The molecule has 0 unspecified atom stereocenters. The summed E-state index contributed by atoms with van der Waals surface area (Å²) < 4.78 is 25.0. The van der Waals surface area contributed by atoms with Gasteiger partial charge in [-0.05, 0) is 12.1 Å². The van der Waals surface area contributed by atoms with E-state index in [1.807, 2.05) is 0 Å². The maximum Gasteiger partial charge on any atom is 0.355 e. The van der Waals surface area contributed by atoms with E-state index in [1.54, 1.807) is 0 Å². The number of rotatable bonds is 3. The highest BCUT2D eigenvalue weighted by molar-refractivity contribution is 7.90. The molecule has 0 amide bonds. The van der Waals surface area contributed by atoms with E-state index in [0.717, 1.165) is 24.3 Å². The molecule has 0 radical (unpaired) electrons. The molecule has 0 bridgehead atoms. The molecule has 8 nitrogen and oxygen atoms in total. The molecule has 15 heavy (non-hydrogen) atoms. The Bertz CT molecular complexity index is 529. The van der Waals surface area contributed by atoms with Gasteiger partial charge in [-0.25, -0.2) is 0 Å². The maximum absolute atomic E-state index is 11.2. The lowest BCUT2D eigenvalue weighted by molar-refractivity contribution is -0.384. The van der Waals surface area contributed by atoms with E-state index < -0.39 is 14.9 Å². The van der Waals surface area contributed by atoms with Gasteiger partial charge < -0.3 is 0 Å². The van der Waals surface area contributed by atoms with Crippen molar-refractivity contribution in [2.45, 2.75) is 4.90 Å².